The predicted molar refractivity (Wildman–Crippen MR) is 87.9 cm³/mol. The molecule has 0 aliphatic carbocycles. The number of rotatable bonds is 9. The Morgan fingerprint density at radius 2 is 2.00 bits per heavy atom. The van der Waals surface area contributed by atoms with Crippen LogP contribution in [0.5, 0.6) is 0 Å². The summed E-state index contributed by atoms with van der Waals surface area (Å²) in [6.07, 6.45) is 8.96. The number of carbonyl (C=O) groups is 1. The van der Waals surface area contributed by atoms with Crippen LogP contribution in [0.1, 0.15) is 44.6 Å². The Bertz CT molecular complexity index is 401. The molecule has 0 aromatic heterocycles. The molecule has 1 rings (SSSR count). The van der Waals surface area contributed by atoms with Gasteiger partial charge in [-0.05, 0) is 24.5 Å². The van der Waals surface area contributed by atoms with E-state index in [2.05, 4.69) is 22.9 Å². The second-order valence-electron chi connectivity index (χ2n) is 4.81. The van der Waals surface area contributed by atoms with Gasteiger partial charge in [0, 0.05) is 11.4 Å². The van der Waals surface area contributed by atoms with Crippen molar-refractivity contribution in [1.29, 1.82) is 0 Å². The summed E-state index contributed by atoms with van der Waals surface area (Å²) >= 11 is 3.41. The first-order chi connectivity index (χ1) is 9.76. The van der Waals surface area contributed by atoms with Crippen molar-refractivity contribution in [1.82, 2.24) is 0 Å². The highest BCUT2D eigenvalue weighted by atomic mass is 79.9. The average molecular weight is 339 g/mol. The van der Waals surface area contributed by atoms with E-state index in [-0.39, 0.29) is 12.1 Å². The fourth-order valence-electron chi connectivity index (χ4n) is 1.90. The molecule has 0 spiro atoms. The fourth-order valence-corrected chi connectivity index (χ4v) is 2.35. The number of esters is 1. The summed E-state index contributed by atoms with van der Waals surface area (Å²) in [4.78, 5) is 11.7. The van der Waals surface area contributed by atoms with Gasteiger partial charge in [0.15, 0.2) is 0 Å². The van der Waals surface area contributed by atoms with Gasteiger partial charge in [0.2, 0.25) is 0 Å². The molecule has 0 bridgehead atoms. The number of alkyl halides is 1. The second-order valence-corrected chi connectivity index (χ2v) is 5.45. The van der Waals surface area contributed by atoms with E-state index in [4.69, 9.17) is 4.74 Å². The smallest absolute Gasteiger partial charge is 0.331 e. The molecular weight excluding hydrogens is 316 g/mol. The van der Waals surface area contributed by atoms with Gasteiger partial charge in [-0.3, -0.25) is 0 Å². The third-order valence-electron chi connectivity index (χ3n) is 3.05. The Hall–Kier alpha value is -1.09. The highest BCUT2D eigenvalue weighted by molar-refractivity contribution is 9.09. The van der Waals surface area contributed by atoms with Crippen LogP contribution < -0.4 is 0 Å². The topological polar surface area (TPSA) is 26.3 Å². The van der Waals surface area contributed by atoms with Crippen LogP contribution in [0, 0.1) is 0 Å². The van der Waals surface area contributed by atoms with Crippen molar-refractivity contribution in [2.75, 3.05) is 5.33 Å². The van der Waals surface area contributed by atoms with Crippen LogP contribution in [0.2, 0.25) is 0 Å². The Labute approximate surface area is 130 Å². The van der Waals surface area contributed by atoms with Gasteiger partial charge in [-0.25, -0.2) is 4.79 Å². The molecule has 1 aromatic rings. The molecular formula is C17H23BrO2. The van der Waals surface area contributed by atoms with Gasteiger partial charge in [-0.15, -0.1) is 0 Å². The van der Waals surface area contributed by atoms with Crippen molar-refractivity contribution in [3.05, 3.63) is 42.0 Å². The standard InChI is InChI=1S/C17H23BrO2/c1-2-3-4-8-11-16(14-18)20-17(19)13-12-15-9-6-5-7-10-15/h5-7,9-10,12-13,16H,2-4,8,11,14H2,1H3. The molecule has 1 atom stereocenters. The van der Waals surface area contributed by atoms with Gasteiger partial charge >= 0.3 is 5.97 Å². The zero-order valence-electron chi connectivity index (χ0n) is 12.1. The van der Waals surface area contributed by atoms with Crippen molar-refractivity contribution in [3.63, 3.8) is 0 Å². The summed E-state index contributed by atoms with van der Waals surface area (Å²) in [7, 11) is 0. The Morgan fingerprint density at radius 1 is 1.25 bits per heavy atom. The summed E-state index contributed by atoms with van der Waals surface area (Å²) in [6, 6.07) is 9.75. The van der Waals surface area contributed by atoms with Crippen molar-refractivity contribution >= 4 is 28.0 Å². The number of hydrogen-bond donors (Lipinski definition) is 0. The maximum atomic E-state index is 11.7. The summed E-state index contributed by atoms with van der Waals surface area (Å²) in [5, 5.41) is 0.698. The third-order valence-corrected chi connectivity index (χ3v) is 3.77. The maximum Gasteiger partial charge on any atom is 0.331 e. The number of carbonyl (C=O) groups excluding carboxylic acids is 1. The Balaban J connectivity index is 2.33. The van der Waals surface area contributed by atoms with E-state index in [9.17, 15) is 4.79 Å². The maximum absolute atomic E-state index is 11.7. The van der Waals surface area contributed by atoms with Gasteiger partial charge in [0.25, 0.3) is 0 Å². The molecule has 0 amide bonds. The van der Waals surface area contributed by atoms with Crippen molar-refractivity contribution in [2.45, 2.75) is 45.1 Å². The Kier molecular flexibility index (Phi) is 9.05. The highest BCUT2D eigenvalue weighted by Crippen LogP contribution is 2.11. The van der Waals surface area contributed by atoms with E-state index in [1.54, 1.807) is 6.08 Å². The molecule has 0 saturated carbocycles. The van der Waals surface area contributed by atoms with Crippen molar-refractivity contribution in [2.24, 2.45) is 0 Å². The Morgan fingerprint density at radius 3 is 2.65 bits per heavy atom. The predicted octanol–water partition coefficient (Wildman–Crippen LogP) is 4.98. The van der Waals surface area contributed by atoms with Crippen molar-refractivity contribution < 1.29 is 9.53 Å². The van der Waals surface area contributed by atoms with Crippen LogP contribution in [0.3, 0.4) is 0 Å². The molecule has 2 nitrogen and oxygen atoms in total. The van der Waals surface area contributed by atoms with Gasteiger partial charge in [-0.1, -0.05) is 72.4 Å². The zero-order chi connectivity index (χ0) is 14.6. The molecule has 0 radical (unpaired) electrons. The normalized spacial score (nSPS) is 12.5. The van der Waals surface area contributed by atoms with Crippen LogP contribution in [-0.2, 0) is 9.53 Å². The molecule has 3 heteroatoms. The van der Waals surface area contributed by atoms with Crippen LogP contribution in [0.4, 0.5) is 0 Å². The SMILES string of the molecule is CCCCCCC(CBr)OC(=O)C=Cc1ccccc1. The molecule has 0 fully saturated rings. The molecule has 1 aromatic carbocycles. The minimum absolute atomic E-state index is 0.0280. The number of halogens is 1. The first-order valence-electron chi connectivity index (χ1n) is 7.26. The zero-order valence-corrected chi connectivity index (χ0v) is 13.6. The van der Waals surface area contributed by atoms with E-state index in [0.29, 0.717) is 5.33 Å². The molecule has 0 saturated heterocycles. The molecule has 110 valence electrons. The van der Waals surface area contributed by atoms with E-state index in [1.807, 2.05) is 30.3 Å². The number of hydrogen-bond acceptors (Lipinski definition) is 2. The molecule has 0 heterocycles. The van der Waals surface area contributed by atoms with Crippen LogP contribution in [0.15, 0.2) is 36.4 Å². The lowest BCUT2D eigenvalue weighted by atomic mass is 10.1. The molecule has 1 unspecified atom stereocenters. The minimum atomic E-state index is -0.270. The number of benzene rings is 1. The van der Waals surface area contributed by atoms with Gasteiger partial charge in [0.1, 0.15) is 6.10 Å². The van der Waals surface area contributed by atoms with Crippen LogP contribution in [-0.4, -0.2) is 17.4 Å². The van der Waals surface area contributed by atoms with E-state index in [0.717, 1.165) is 18.4 Å². The molecule has 0 aliphatic rings. The summed E-state index contributed by atoms with van der Waals surface area (Å²) in [6.45, 7) is 2.19. The quantitative estimate of drug-likeness (QED) is 0.275. The van der Waals surface area contributed by atoms with Crippen LogP contribution >= 0.6 is 15.9 Å². The third kappa shape index (κ3) is 7.49. The lowest BCUT2D eigenvalue weighted by Crippen LogP contribution is -2.18. The van der Waals surface area contributed by atoms with Crippen LogP contribution in [0.25, 0.3) is 6.08 Å². The van der Waals surface area contributed by atoms with E-state index < -0.39 is 0 Å². The first kappa shape index (κ1) is 17.0. The average Bonchev–Trinajstić information content (AvgIpc) is 2.49. The van der Waals surface area contributed by atoms with E-state index in [1.165, 1.54) is 25.3 Å². The first-order valence-corrected chi connectivity index (χ1v) is 8.38. The summed E-state index contributed by atoms with van der Waals surface area (Å²) in [5.41, 5.74) is 1.00. The molecule has 0 aliphatic heterocycles. The molecule has 0 N–H and O–H groups in total. The van der Waals surface area contributed by atoms with Crippen molar-refractivity contribution in [3.8, 4) is 0 Å². The minimum Gasteiger partial charge on any atom is -0.458 e. The number of ether oxygens (including phenoxy) is 1. The van der Waals surface area contributed by atoms with Gasteiger partial charge in [-0.2, -0.15) is 0 Å². The van der Waals surface area contributed by atoms with Gasteiger partial charge < -0.3 is 4.74 Å². The summed E-state index contributed by atoms with van der Waals surface area (Å²) < 4.78 is 5.43. The summed E-state index contributed by atoms with van der Waals surface area (Å²) in [5.74, 6) is -0.270. The fraction of sp³-hybridized carbons (Fsp3) is 0.471. The highest BCUT2D eigenvalue weighted by Gasteiger charge is 2.10. The van der Waals surface area contributed by atoms with E-state index >= 15 is 0 Å². The molecule has 20 heavy (non-hydrogen) atoms. The largest absolute Gasteiger partial charge is 0.458 e. The number of unbranched alkanes of at least 4 members (excludes halogenated alkanes) is 3. The lowest BCUT2D eigenvalue weighted by molar-refractivity contribution is -0.142. The lowest BCUT2D eigenvalue weighted by Gasteiger charge is -2.13. The monoisotopic (exact) mass is 338 g/mol. The second kappa shape index (κ2) is 10.7. The van der Waals surface area contributed by atoms with Gasteiger partial charge in [0.05, 0.1) is 0 Å².